The zero-order valence-electron chi connectivity index (χ0n) is 11.4. The van der Waals surface area contributed by atoms with Crippen LogP contribution in [0.3, 0.4) is 0 Å². The van der Waals surface area contributed by atoms with Crippen LogP contribution in [-0.2, 0) is 22.9 Å². The molecule has 0 heterocycles. The molecule has 0 N–H and O–H groups in total. The smallest absolute Gasteiger partial charge is 0.341 e. The Balaban J connectivity index is 2.17. The molecule has 0 aliphatic rings. The second-order valence-electron chi connectivity index (χ2n) is 4.00. The molecule has 0 aliphatic heterocycles. The van der Waals surface area contributed by atoms with Crippen LogP contribution in [-0.4, -0.2) is 23.9 Å². The van der Waals surface area contributed by atoms with Crippen LogP contribution in [0.2, 0.25) is 0 Å². The molecule has 9 heteroatoms. The lowest BCUT2D eigenvalue weighted by Crippen LogP contribution is -2.10. The second-order valence-corrected chi connectivity index (χ2v) is 9.11. The lowest BCUT2D eigenvalue weighted by atomic mass is 10.3. The predicted octanol–water partition coefficient (Wildman–Crippen LogP) is 2.44. The first-order valence-electron chi connectivity index (χ1n) is 5.92. The summed E-state index contributed by atoms with van der Waals surface area (Å²) in [6.45, 7) is 0. The minimum Gasteiger partial charge on any atom is -0.497 e. The SMILES string of the molecule is COc1ccc(SS(=O)(=O)OS(=O)(=O)c2ccccc2)cc1. The molecule has 22 heavy (non-hydrogen) atoms. The van der Waals surface area contributed by atoms with Gasteiger partial charge in [0.25, 0.3) is 0 Å². The van der Waals surface area contributed by atoms with E-state index in [4.69, 9.17) is 4.74 Å². The maximum absolute atomic E-state index is 11.9. The van der Waals surface area contributed by atoms with E-state index >= 15 is 0 Å². The molecule has 0 aromatic heterocycles. The lowest BCUT2D eigenvalue weighted by Gasteiger charge is -2.06. The number of methoxy groups -OCH3 is 1. The maximum Gasteiger partial charge on any atom is 0.341 e. The molecule has 2 rings (SSSR count). The van der Waals surface area contributed by atoms with Crippen molar-refractivity contribution in [3.63, 3.8) is 0 Å². The van der Waals surface area contributed by atoms with Crippen LogP contribution in [0.1, 0.15) is 0 Å². The fraction of sp³-hybridized carbons (Fsp3) is 0.0769. The Bertz CT molecular complexity index is 827. The van der Waals surface area contributed by atoms with E-state index < -0.39 is 19.3 Å². The molecule has 6 nitrogen and oxygen atoms in total. The van der Waals surface area contributed by atoms with Crippen LogP contribution < -0.4 is 4.74 Å². The van der Waals surface area contributed by atoms with Gasteiger partial charge in [-0.2, -0.15) is 16.8 Å². The summed E-state index contributed by atoms with van der Waals surface area (Å²) in [5.74, 6) is 0.555. The molecule has 0 fully saturated rings. The molecular weight excluding hydrogens is 348 g/mol. The van der Waals surface area contributed by atoms with E-state index in [1.54, 1.807) is 18.2 Å². The van der Waals surface area contributed by atoms with Gasteiger partial charge in [-0.1, -0.05) is 18.2 Å². The third-order valence-electron chi connectivity index (χ3n) is 2.46. The van der Waals surface area contributed by atoms with Gasteiger partial charge in [0.1, 0.15) is 5.75 Å². The molecule has 0 bridgehead atoms. The van der Waals surface area contributed by atoms with Crippen molar-refractivity contribution < 1.29 is 25.2 Å². The fourth-order valence-corrected chi connectivity index (χ4v) is 5.72. The Morgan fingerprint density at radius 1 is 0.864 bits per heavy atom. The molecule has 118 valence electrons. The summed E-state index contributed by atoms with van der Waals surface area (Å²) in [5, 5.41) is 0. The molecule has 0 amide bonds. The van der Waals surface area contributed by atoms with Crippen LogP contribution in [0, 0.1) is 0 Å². The van der Waals surface area contributed by atoms with Crippen molar-refractivity contribution in [1.29, 1.82) is 0 Å². The van der Waals surface area contributed by atoms with Gasteiger partial charge < -0.3 is 4.74 Å². The number of ether oxygens (including phenoxy) is 1. The van der Waals surface area contributed by atoms with Gasteiger partial charge in [-0.05, 0) is 36.4 Å². The molecule has 0 radical (unpaired) electrons. The summed E-state index contributed by atoms with van der Waals surface area (Å²) in [4.78, 5) is 0.0815. The Hall–Kier alpha value is -1.55. The minimum absolute atomic E-state index is 0.228. The van der Waals surface area contributed by atoms with Crippen molar-refractivity contribution in [3.05, 3.63) is 54.6 Å². The van der Waals surface area contributed by atoms with E-state index in [-0.39, 0.29) is 4.90 Å². The van der Waals surface area contributed by atoms with Gasteiger partial charge in [-0.25, -0.2) is 0 Å². The summed E-state index contributed by atoms with van der Waals surface area (Å²) in [7, 11) is -6.97. The molecule has 0 aliphatic carbocycles. The standard InChI is InChI=1S/C13H12O6S3/c1-18-11-7-9-12(10-8-11)20-22(16,17)19-21(14,15)13-5-3-2-4-6-13/h2-10H,1H3. The van der Waals surface area contributed by atoms with Gasteiger partial charge in [0, 0.05) is 15.7 Å². The van der Waals surface area contributed by atoms with Crippen LogP contribution in [0.4, 0.5) is 0 Å². The van der Waals surface area contributed by atoms with Crippen molar-refractivity contribution in [2.24, 2.45) is 0 Å². The van der Waals surface area contributed by atoms with Gasteiger partial charge in [0.15, 0.2) is 0 Å². The zero-order chi connectivity index (χ0) is 16.2. The van der Waals surface area contributed by atoms with Crippen molar-refractivity contribution >= 4 is 30.1 Å². The van der Waals surface area contributed by atoms with Crippen molar-refractivity contribution in [3.8, 4) is 5.75 Å². The van der Waals surface area contributed by atoms with E-state index in [2.05, 4.69) is 3.63 Å². The highest BCUT2D eigenvalue weighted by molar-refractivity contribution is 8.71. The van der Waals surface area contributed by atoms with Crippen molar-refractivity contribution in [2.45, 2.75) is 9.79 Å². The van der Waals surface area contributed by atoms with Crippen LogP contribution >= 0.6 is 10.8 Å². The summed E-state index contributed by atoms with van der Waals surface area (Å²) >= 11 is 0. The first kappa shape index (κ1) is 16.8. The average molecular weight is 360 g/mol. The summed E-state index contributed by atoms with van der Waals surface area (Å²) in [6.07, 6.45) is 0. The highest BCUT2D eigenvalue weighted by Crippen LogP contribution is 2.30. The first-order valence-corrected chi connectivity index (χ1v) is 10.1. The van der Waals surface area contributed by atoms with Crippen LogP contribution in [0.15, 0.2) is 64.4 Å². The Morgan fingerprint density at radius 2 is 1.45 bits per heavy atom. The molecular formula is C13H12O6S3. The topological polar surface area (TPSA) is 86.7 Å². The highest BCUT2D eigenvalue weighted by Gasteiger charge is 2.26. The maximum atomic E-state index is 11.9. The summed E-state index contributed by atoms with van der Waals surface area (Å²) in [5.41, 5.74) is 0. The third kappa shape index (κ3) is 4.47. The minimum atomic E-state index is -4.38. The van der Waals surface area contributed by atoms with E-state index in [0.29, 0.717) is 21.4 Å². The summed E-state index contributed by atoms with van der Waals surface area (Å²) < 4.78 is 56.9. The monoisotopic (exact) mass is 360 g/mol. The molecule has 0 unspecified atom stereocenters. The lowest BCUT2D eigenvalue weighted by molar-refractivity contribution is 0.414. The van der Waals surface area contributed by atoms with Gasteiger partial charge in [0.05, 0.1) is 12.0 Å². The predicted molar refractivity (Wildman–Crippen MR) is 82.5 cm³/mol. The molecule has 2 aromatic rings. The van der Waals surface area contributed by atoms with Crippen molar-refractivity contribution in [1.82, 2.24) is 0 Å². The van der Waals surface area contributed by atoms with Crippen LogP contribution in [0.25, 0.3) is 0 Å². The van der Waals surface area contributed by atoms with Crippen LogP contribution in [0.5, 0.6) is 5.75 Å². The van der Waals surface area contributed by atoms with Gasteiger partial charge in [0.2, 0.25) is 0 Å². The van der Waals surface area contributed by atoms with Gasteiger partial charge in [-0.15, -0.1) is 3.63 Å². The quantitative estimate of drug-likeness (QED) is 0.731. The molecule has 2 aromatic carbocycles. The van der Waals surface area contributed by atoms with E-state index in [1.165, 1.54) is 43.5 Å². The molecule has 0 saturated heterocycles. The van der Waals surface area contributed by atoms with Crippen molar-refractivity contribution in [2.75, 3.05) is 7.11 Å². The number of hydrogen-bond acceptors (Lipinski definition) is 7. The fourth-order valence-electron chi connectivity index (χ4n) is 1.50. The largest absolute Gasteiger partial charge is 0.497 e. The highest BCUT2D eigenvalue weighted by atomic mass is 33.2. The Kier molecular flexibility index (Phi) is 5.12. The Labute approximate surface area is 132 Å². The molecule has 0 spiro atoms. The average Bonchev–Trinajstić information content (AvgIpc) is 2.47. The van der Waals surface area contributed by atoms with E-state index in [0.717, 1.165) is 0 Å². The van der Waals surface area contributed by atoms with E-state index in [1.807, 2.05) is 0 Å². The summed E-state index contributed by atoms with van der Waals surface area (Å²) in [6, 6.07) is 13.1. The normalized spacial score (nSPS) is 12.0. The van der Waals surface area contributed by atoms with Gasteiger partial charge >= 0.3 is 19.3 Å². The number of hydrogen-bond donors (Lipinski definition) is 0. The molecule has 0 saturated carbocycles. The molecule has 0 atom stereocenters. The third-order valence-corrected chi connectivity index (χ3v) is 7.05. The van der Waals surface area contributed by atoms with Gasteiger partial charge in [-0.3, -0.25) is 0 Å². The second kappa shape index (κ2) is 6.69. The Morgan fingerprint density at radius 3 is 2.00 bits per heavy atom. The first-order chi connectivity index (χ1) is 10.3. The number of rotatable bonds is 6. The zero-order valence-corrected chi connectivity index (χ0v) is 13.8. The number of benzene rings is 2. The van der Waals surface area contributed by atoms with E-state index in [9.17, 15) is 16.8 Å².